The van der Waals surface area contributed by atoms with E-state index in [0.717, 1.165) is 0 Å². The van der Waals surface area contributed by atoms with Crippen LogP contribution in [0.2, 0.25) is 10.0 Å². The number of hydrogen-bond donors (Lipinski definition) is 3. The van der Waals surface area contributed by atoms with Crippen LogP contribution < -0.4 is 10.6 Å². The summed E-state index contributed by atoms with van der Waals surface area (Å²) in [5.74, 6) is 4.24. The van der Waals surface area contributed by atoms with Gasteiger partial charge in [0.15, 0.2) is 0 Å². The molecule has 3 N–H and O–H groups in total. The Balaban J connectivity index is 1.85. The Labute approximate surface area is 155 Å². The van der Waals surface area contributed by atoms with E-state index in [2.05, 4.69) is 22.5 Å². The van der Waals surface area contributed by atoms with Crippen molar-refractivity contribution < 1.29 is 14.7 Å². The van der Waals surface area contributed by atoms with E-state index < -0.39 is 5.97 Å². The van der Waals surface area contributed by atoms with Gasteiger partial charge in [0, 0.05) is 10.6 Å². The normalized spacial score (nSPS) is 9.84. The highest BCUT2D eigenvalue weighted by molar-refractivity contribution is 6.33. The third kappa shape index (κ3) is 5.80. The quantitative estimate of drug-likeness (QED) is 0.552. The number of para-hydroxylation sites is 1. The number of carboxylic acid groups (broad SMARTS) is 1. The molecule has 0 bridgehead atoms. The Morgan fingerprint density at radius 2 is 1.88 bits per heavy atom. The largest absolute Gasteiger partial charge is 0.478 e. The first-order valence-electron chi connectivity index (χ1n) is 7.24. The number of rotatable bonds is 5. The number of carbonyl (C=O) groups is 2. The van der Waals surface area contributed by atoms with Crippen molar-refractivity contribution in [1.82, 2.24) is 5.32 Å². The molecule has 7 heteroatoms. The molecule has 128 valence electrons. The lowest BCUT2D eigenvalue weighted by atomic mass is 10.2. The SMILES string of the molecule is O=C(CNCC#Cc1cc(Cl)ccc1Cl)Nc1ccccc1C(=O)O. The van der Waals surface area contributed by atoms with E-state index >= 15 is 0 Å². The van der Waals surface area contributed by atoms with Crippen LogP contribution in [0.5, 0.6) is 0 Å². The van der Waals surface area contributed by atoms with Gasteiger partial charge in [0.05, 0.1) is 29.4 Å². The van der Waals surface area contributed by atoms with Gasteiger partial charge in [-0.15, -0.1) is 0 Å². The Morgan fingerprint density at radius 3 is 2.64 bits per heavy atom. The van der Waals surface area contributed by atoms with Crippen molar-refractivity contribution in [2.75, 3.05) is 18.4 Å². The molecule has 2 aromatic rings. The molecule has 0 aliphatic heterocycles. The molecular weight excluding hydrogens is 363 g/mol. The highest BCUT2D eigenvalue weighted by Crippen LogP contribution is 2.19. The van der Waals surface area contributed by atoms with Crippen molar-refractivity contribution >= 4 is 40.8 Å². The number of amides is 1. The van der Waals surface area contributed by atoms with Crippen LogP contribution in [-0.4, -0.2) is 30.1 Å². The first-order chi connectivity index (χ1) is 12.0. The average molecular weight is 377 g/mol. The smallest absolute Gasteiger partial charge is 0.337 e. The van der Waals surface area contributed by atoms with Gasteiger partial charge in [0.2, 0.25) is 5.91 Å². The molecule has 1 amide bonds. The lowest BCUT2D eigenvalue weighted by Crippen LogP contribution is -2.28. The van der Waals surface area contributed by atoms with Gasteiger partial charge in [0.25, 0.3) is 0 Å². The summed E-state index contributed by atoms with van der Waals surface area (Å²) in [5, 5.41) is 15.5. The minimum atomic E-state index is -1.10. The molecule has 25 heavy (non-hydrogen) atoms. The minimum absolute atomic E-state index is 0.00802. The van der Waals surface area contributed by atoms with Crippen LogP contribution in [0.3, 0.4) is 0 Å². The Hall–Kier alpha value is -2.52. The fourth-order valence-corrected chi connectivity index (χ4v) is 2.28. The van der Waals surface area contributed by atoms with Crippen LogP contribution in [0.1, 0.15) is 15.9 Å². The van der Waals surface area contributed by atoms with Crippen LogP contribution >= 0.6 is 23.2 Å². The zero-order chi connectivity index (χ0) is 18.2. The van der Waals surface area contributed by atoms with E-state index in [9.17, 15) is 9.59 Å². The molecule has 2 aromatic carbocycles. The second kappa shape index (κ2) is 9.09. The van der Waals surface area contributed by atoms with Crippen LogP contribution in [0.4, 0.5) is 5.69 Å². The third-order valence-electron chi connectivity index (χ3n) is 3.08. The second-order valence-electron chi connectivity index (χ2n) is 4.93. The Kier molecular flexibility index (Phi) is 6.84. The number of benzene rings is 2. The van der Waals surface area contributed by atoms with E-state index in [0.29, 0.717) is 15.6 Å². The fourth-order valence-electron chi connectivity index (χ4n) is 1.94. The molecule has 0 radical (unpaired) electrons. The average Bonchev–Trinajstić information content (AvgIpc) is 2.58. The second-order valence-corrected chi connectivity index (χ2v) is 5.77. The number of anilines is 1. The molecular formula is C18H14Cl2N2O3. The van der Waals surface area contributed by atoms with Crippen LogP contribution in [0.25, 0.3) is 0 Å². The predicted octanol–water partition coefficient (Wildman–Crippen LogP) is 3.27. The van der Waals surface area contributed by atoms with Gasteiger partial charge in [-0.1, -0.05) is 47.2 Å². The maximum Gasteiger partial charge on any atom is 0.337 e. The lowest BCUT2D eigenvalue weighted by Gasteiger charge is -2.08. The van der Waals surface area contributed by atoms with E-state index in [1.165, 1.54) is 12.1 Å². The van der Waals surface area contributed by atoms with Gasteiger partial charge in [0.1, 0.15) is 0 Å². The molecule has 0 heterocycles. The number of halogens is 2. The molecule has 0 aromatic heterocycles. The molecule has 0 aliphatic carbocycles. The van der Waals surface area contributed by atoms with Gasteiger partial charge in [-0.05, 0) is 30.3 Å². The van der Waals surface area contributed by atoms with Gasteiger partial charge in [-0.3, -0.25) is 10.1 Å². The summed E-state index contributed by atoms with van der Waals surface area (Å²) in [7, 11) is 0. The lowest BCUT2D eigenvalue weighted by molar-refractivity contribution is -0.115. The standard InChI is InChI=1S/C18H14Cl2N2O3/c19-13-7-8-15(20)12(10-13)4-3-9-21-11-17(23)22-16-6-2-1-5-14(16)18(24)25/h1-2,5-8,10,21H,9,11H2,(H,22,23)(H,24,25). The van der Waals surface area contributed by atoms with E-state index in [4.69, 9.17) is 28.3 Å². The number of carboxylic acids is 1. The molecule has 5 nitrogen and oxygen atoms in total. The molecule has 0 saturated heterocycles. The molecule has 0 spiro atoms. The fraction of sp³-hybridized carbons (Fsp3) is 0.111. The maximum atomic E-state index is 11.9. The van der Waals surface area contributed by atoms with Gasteiger partial charge < -0.3 is 10.4 Å². The van der Waals surface area contributed by atoms with Crippen LogP contribution in [-0.2, 0) is 4.79 Å². The summed E-state index contributed by atoms with van der Waals surface area (Å²) in [6.45, 7) is 0.253. The van der Waals surface area contributed by atoms with Gasteiger partial charge in [-0.2, -0.15) is 0 Å². The van der Waals surface area contributed by atoms with Crippen molar-refractivity contribution in [3.8, 4) is 11.8 Å². The number of hydrogen-bond acceptors (Lipinski definition) is 3. The zero-order valence-corrected chi connectivity index (χ0v) is 14.5. The first-order valence-corrected chi connectivity index (χ1v) is 8.00. The van der Waals surface area contributed by atoms with Crippen molar-refractivity contribution in [3.63, 3.8) is 0 Å². The number of carbonyl (C=O) groups excluding carboxylic acids is 1. The highest BCUT2D eigenvalue weighted by atomic mass is 35.5. The molecule has 0 fully saturated rings. The van der Waals surface area contributed by atoms with Crippen molar-refractivity contribution in [2.24, 2.45) is 0 Å². The summed E-state index contributed by atoms with van der Waals surface area (Å²) >= 11 is 11.9. The maximum absolute atomic E-state index is 11.9. The van der Waals surface area contributed by atoms with Gasteiger partial charge in [-0.25, -0.2) is 4.79 Å². The van der Waals surface area contributed by atoms with E-state index in [-0.39, 0.29) is 30.2 Å². The summed E-state index contributed by atoms with van der Waals surface area (Å²) in [6, 6.07) is 11.2. The zero-order valence-electron chi connectivity index (χ0n) is 13.0. The van der Waals surface area contributed by atoms with Gasteiger partial charge >= 0.3 is 5.97 Å². The third-order valence-corrected chi connectivity index (χ3v) is 3.65. The number of nitrogens with one attached hydrogen (secondary N) is 2. The summed E-state index contributed by atoms with van der Waals surface area (Å²) in [4.78, 5) is 22.9. The molecule has 0 saturated carbocycles. The topological polar surface area (TPSA) is 78.4 Å². The molecule has 0 atom stereocenters. The Morgan fingerprint density at radius 1 is 1.12 bits per heavy atom. The molecule has 0 aliphatic rings. The summed E-state index contributed by atoms with van der Waals surface area (Å²) in [6.07, 6.45) is 0. The highest BCUT2D eigenvalue weighted by Gasteiger charge is 2.11. The summed E-state index contributed by atoms with van der Waals surface area (Å²) < 4.78 is 0. The van der Waals surface area contributed by atoms with Crippen molar-refractivity contribution in [3.05, 3.63) is 63.6 Å². The number of aromatic carboxylic acids is 1. The van der Waals surface area contributed by atoms with Crippen molar-refractivity contribution in [2.45, 2.75) is 0 Å². The van der Waals surface area contributed by atoms with Crippen LogP contribution in [0, 0.1) is 11.8 Å². The molecule has 0 unspecified atom stereocenters. The summed E-state index contributed by atoms with van der Waals surface area (Å²) in [5.41, 5.74) is 0.889. The van der Waals surface area contributed by atoms with Crippen molar-refractivity contribution in [1.29, 1.82) is 0 Å². The minimum Gasteiger partial charge on any atom is -0.478 e. The molecule has 2 rings (SSSR count). The van der Waals surface area contributed by atoms with Crippen LogP contribution in [0.15, 0.2) is 42.5 Å². The van der Waals surface area contributed by atoms with E-state index in [1.807, 2.05) is 0 Å². The first kappa shape index (κ1) is 18.8. The monoisotopic (exact) mass is 376 g/mol. The Bertz CT molecular complexity index is 857. The predicted molar refractivity (Wildman–Crippen MR) is 98.2 cm³/mol. The van der Waals surface area contributed by atoms with E-state index in [1.54, 1.807) is 30.3 Å².